The molecule has 0 aliphatic heterocycles. The van der Waals surface area contributed by atoms with Crippen LogP contribution in [-0.2, 0) is 0 Å². The van der Waals surface area contributed by atoms with Gasteiger partial charge in [0.25, 0.3) is 0 Å². The van der Waals surface area contributed by atoms with Crippen LogP contribution in [0.25, 0.3) is 0 Å². The van der Waals surface area contributed by atoms with Gasteiger partial charge in [-0.2, -0.15) is 21.0 Å². The van der Waals surface area contributed by atoms with E-state index in [1.54, 1.807) is 12.1 Å². The van der Waals surface area contributed by atoms with Crippen molar-refractivity contribution in [3.8, 4) is 35.8 Å². The Bertz CT molecular complexity index is 774. The Morgan fingerprint density at radius 1 is 0.609 bits per heavy atom. The van der Waals surface area contributed by atoms with Crippen molar-refractivity contribution in [2.75, 3.05) is 0 Å². The van der Waals surface area contributed by atoms with Gasteiger partial charge in [0.1, 0.15) is 35.8 Å². The Balaban J connectivity index is 2.23. The summed E-state index contributed by atoms with van der Waals surface area (Å²) < 4.78 is 10.7. The number of nitrogens with zero attached hydrogens (tertiary/aromatic N) is 4. The standard InChI is InChI=1S/C16H7BN4O2/c18-7-11-3-1-4-12(8-19)15(11)22-17-23-16-13(9-20)5-2-6-14(16)10-21/h1-6,17H. The van der Waals surface area contributed by atoms with Crippen LogP contribution >= 0.6 is 0 Å². The zero-order valence-electron chi connectivity index (χ0n) is 11.8. The summed E-state index contributed by atoms with van der Waals surface area (Å²) in [5.41, 5.74) is 0.784. The average molecular weight is 298 g/mol. The Morgan fingerprint density at radius 2 is 0.913 bits per heavy atom. The van der Waals surface area contributed by atoms with Crippen molar-refractivity contribution in [2.24, 2.45) is 0 Å². The molecule has 0 amide bonds. The normalized spacial score (nSPS) is 8.70. The fraction of sp³-hybridized carbons (Fsp3) is 0. The fourth-order valence-electron chi connectivity index (χ4n) is 1.88. The molecular formula is C16H7BN4O2. The van der Waals surface area contributed by atoms with Crippen LogP contribution in [0.3, 0.4) is 0 Å². The van der Waals surface area contributed by atoms with E-state index in [1.165, 1.54) is 24.3 Å². The largest absolute Gasteiger partial charge is 0.576 e. The van der Waals surface area contributed by atoms with Crippen LogP contribution < -0.4 is 9.31 Å². The lowest BCUT2D eigenvalue weighted by atomic mass is 10.1. The first-order chi connectivity index (χ1) is 11.2. The zero-order chi connectivity index (χ0) is 16.7. The van der Waals surface area contributed by atoms with Gasteiger partial charge in [-0.25, -0.2) is 0 Å². The van der Waals surface area contributed by atoms with E-state index in [0.29, 0.717) is 0 Å². The van der Waals surface area contributed by atoms with Crippen LogP contribution in [-0.4, -0.2) is 7.69 Å². The van der Waals surface area contributed by atoms with Crippen molar-refractivity contribution in [3.63, 3.8) is 0 Å². The van der Waals surface area contributed by atoms with Gasteiger partial charge in [0.2, 0.25) is 0 Å². The van der Waals surface area contributed by atoms with Gasteiger partial charge in [0.05, 0.1) is 22.3 Å². The Kier molecular flexibility index (Phi) is 4.83. The smallest absolute Gasteiger partial charge is 0.527 e. The molecule has 6 nitrogen and oxygen atoms in total. The topological polar surface area (TPSA) is 114 Å². The van der Waals surface area contributed by atoms with Crippen LogP contribution in [0.1, 0.15) is 22.3 Å². The van der Waals surface area contributed by atoms with E-state index in [-0.39, 0.29) is 41.4 Å². The molecule has 2 aromatic carbocycles. The van der Waals surface area contributed by atoms with Crippen molar-refractivity contribution in [1.82, 2.24) is 0 Å². The van der Waals surface area contributed by atoms with E-state index in [4.69, 9.17) is 30.4 Å². The molecule has 0 fully saturated rings. The van der Waals surface area contributed by atoms with Gasteiger partial charge in [0.15, 0.2) is 0 Å². The summed E-state index contributed by atoms with van der Waals surface area (Å²) in [4.78, 5) is 0. The SMILES string of the molecule is N#Cc1cccc(C#N)c1OBOc1c(C#N)cccc1C#N. The van der Waals surface area contributed by atoms with Crippen molar-refractivity contribution in [3.05, 3.63) is 58.7 Å². The lowest BCUT2D eigenvalue weighted by Gasteiger charge is -2.11. The fourth-order valence-corrected chi connectivity index (χ4v) is 1.88. The van der Waals surface area contributed by atoms with Crippen molar-refractivity contribution >= 4 is 7.69 Å². The summed E-state index contributed by atoms with van der Waals surface area (Å²) in [6, 6.07) is 16.9. The molecule has 2 aromatic rings. The first kappa shape index (κ1) is 15.5. The molecule has 0 N–H and O–H groups in total. The second-order valence-corrected chi connectivity index (χ2v) is 4.22. The maximum absolute atomic E-state index is 9.05. The minimum atomic E-state index is -0.346. The van der Waals surface area contributed by atoms with Gasteiger partial charge < -0.3 is 9.31 Å². The van der Waals surface area contributed by atoms with E-state index < -0.39 is 0 Å². The van der Waals surface area contributed by atoms with Crippen LogP contribution in [0, 0.1) is 45.3 Å². The quantitative estimate of drug-likeness (QED) is 0.796. The molecule has 0 unspecified atom stereocenters. The molecule has 0 heterocycles. The van der Waals surface area contributed by atoms with Gasteiger partial charge in [-0.3, -0.25) is 0 Å². The Hall–Kier alpha value is -3.94. The molecule has 0 saturated carbocycles. The molecule has 106 valence electrons. The minimum absolute atomic E-state index is 0.102. The Morgan fingerprint density at radius 3 is 1.17 bits per heavy atom. The van der Waals surface area contributed by atoms with E-state index in [0.717, 1.165) is 0 Å². The van der Waals surface area contributed by atoms with E-state index >= 15 is 0 Å². The summed E-state index contributed by atoms with van der Waals surface area (Å²) in [6.07, 6.45) is 0. The molecule has 0 aromatic heterocycles. The molecule has 2 rings (SSSR count). The highest BCUT2D eigenvalue weighted by Crippen LogP contribution is 2.25. The third-order valence-corrected chi connectivity index (χ3v) is 2.92. The van der Waals surface area contributed by atoms with E-state index in [9.17, 15) is 0 Å². The maximum Gasteiger partial charge on any atom is 0.576 e. The summed E-state index contributed by atoms with van der Waals surface area (Å²) in [5, 5.41) is 36.2. The number of nitriles is 4. The van der Waals surface area contributed by atoms with Crippen LogP contribution in [0.15, 0.2) is 36.4 Å². The summed E-state index contributed by atoms with van der Waals surface area (Å²) in [5.74, 6) is 0.205. The lowest BCUT2D eigenvalue weighted by Crippen LogP contribution is -2.14. The van der Waals surface area contributed by atoms with Gasteiger partial charge in [-0.05, 0) is 24.3 Å². The zero-order valence-corrected chi connectivity index (χ0v) is 11.8. The first-order valence-electron chi connectivity index (χ1n) is 6.37. The number of hydrogen-bond acceptors (Lipinski definition) is 6. The van der Waals surface area contributed by atoms with Crippen LogP contribution in [0.4, 0.5) is 0 Å². The monoisotopic (exact) mass is 298 g/mol. The molecule has 23 heavy (non-hydrogen) atoms. The molecule has 0 spiro atoms. The van der Waals surface area contributed by atoms with E-state index in [2.05, 4.69) is 0 Å². The van der Waals surface area contributed by atoms with E-state index in [1.807, 2.05) is 24.3 Å². The van der Waals surface area contributed by atoms with Crippen molar-refractivity contribution < 1.29 is 9.31 Å². The second-order valence-electron chi connectivity index (χ2n) is 4.22. The number of rotatable bonds is 4. The molecule has 7 heteroatoms. The molecule has 0 saturated heterocycles. The summed E-state index contributed by atoms with van der Waals surface area (Å²) in [7, 11) is -0.346. The lowest BCUT2D eigenvalue weighted by molar-refractivity contribution is 0.456. The molecule has 0 radical (unpaired) electrons. The number of para-hydroxylation sites is 2. The first-order valence-corrected chi connectivity index (χ1v) is 6.37. The highest BCUT2D eigenvalue weighted by molar-refractivity contribution is 6.21. The molecule has 0 bridgehead atoms. The predicted molar refractivity (Wildman–Crippen MR) is 80.1 cm³/mol. The van der Waals surface area contributed by atoms with Crippen molar-refractivity contribution in [1.29, 1.82) is 21.0 Å². The predicted octanol–water partition coefficient (Wildman–Crippen LogP) is 1.90. The van der Waals surface area contributed by atoms with Gasteiger partial charge in [-0.1, -0.05) is 12.1 Å². The summed E-state index contributed by atoms with van der Waals surface area (Å²) >= 11 is 0. The van der Waals surface area contributed by atoms with Crippen LogP contribution in [0.2, 0.25) is 0 Å². The second kappa shape index (κ2) is 7.18. The number of benzene rings is 2. The van der Waals surface area contributed by atoms with Crippen LogP contribution in [0.5, 0.6) is 11.5 Å². The molecule has 0 atom stereocenters. The highest BCUT2D eigenvalue weighted by atomic mass is 16.6. The molecule has 0 aliphatic carbocycles. The van der Waals surface area contributed by atoms with Gasteiger partial charge in [-0.15, -0.1) is 0 Å². The summed E-state index contributed by atoms with van der Waals surface area (Å²) in [6.45, 7) is 0. The minimum Gasteiger partial charge on any atom is -0.527 e. The highest BCUT2D eigenvalue weighted by Gasteiger charge is 2.14. The Labute approximate surface area is 133 Å². The molecular weight excluding hydrogens is 291 g/mol. The van der Waals surface area contributed by atoms with Crippen molar-refractivity contribution in [2.45, 2.75) is 0 Å². The third kappa shape index (κ3) is 3.22. The maximum atomic E-state index is 9.05. The average Bonchev–Trinajstić information content (AvgIpc) is 2.61. The third-order valence-electron chi connectivity index (χ3n) is 2.92. The van der Waals surface area contributed by atoms with Gasteiger partial charge in [0, 0.05) is 0 Å². The van der Waals surface area contributed by atoms with Gasteiger partial charge >= 0.3 is 7.69 Å². The molecule has 0 aliphatic rings. The number of hydrogen-bond donors (Lipinski definition) is 0.